The second-order valence-electron chi connectivity index (χ2n) is 4.52. The maximum absolute atomic E-state index is 12.2. The Morgan fingerprint density at radius 3 is 2.90 bits per heavy atom. The van der Waals surface area contributed by atoms with Crippen molar-refractivity contribution in [2.75, 3.05) is 5.32 Å². The average Bonchev–Trinajstić information content (AvgIpc) is 2.92. The number of halogens is 1. The zero-order valence-electron chi connectivity index (χ0n) is 11.0. The van der Waals surface area contributed by atoms with Crippen molar-refractivity contribution in [3.05, 3.63) is 51.7 Å². The molecule has 102 valence electrons. The third-order valence-corrected chi connectivity index (χ3v) is 4.34. The van der Waals surface area contributed by atoms with E-state index in [0.29, 0.717) is 16.4 Å². The van der Waals surface area contributed by atoms with Gasteiger partial charge in [0.1, 0.15) is 5.69 Å². The smallest absolute Gasteiger partial charge is 0.275 e. The normalized spacial score (nSPS) is 10.9. The highest BCUT2D eigenvalue weighted by Crippen LogP contribution is 2.24. The molecule has 20 heavy (non-hydrogen) atoms. The number of imidazole rings is 1. The predicted octanol–water partition coefficient (Wildman–Crippen LogP) is 3.92. The minimum Gasteiger partial charge on any atom is -0.320 e. The van der Waals surface area contributed by atoms with Crippen LogP contribution in [0.25, 0.3) is 4.96 Å². The first kappa shape index (κ1) is 13.1. The molecule has 1 N–H and O–H groups in total. The molecule has 4 nitrogen and oxygen atoms in total. The highest BCUT2D eigenvalue weighted by Gasteiger charge is 2.13. The third-order valence-electron chi connectivity index (χ3n) is 3.02. The summed E-state index contributed by atoms with van der Waals surface area (Å²) < 4.78 is 1.86. The van der Waals surface area contributed by atoms with Crippen LogP contribution in [0.2, 0.25) is 5.02 Å². The van der Waals surface area contributed by atoms with Gasteiger partial charge >= 0.3 is 0 Å². The Morgan fingerprint density at radius 1 is 1.35 bits per heavy atom. The molecule has 2 aromatic heterocycles. The predicted molar refractivity (Wildman–Crippen MR) is 81.9 cm³/mol. The van der Waals surface area contributed by atoms with Crippen LogP contribution >= 0.6 is 22.9 Å². The molecule has 0 unspecified atom stereocenters. The Bertz CT molecular complexity index is 774. The van der Waals surface area contributed by atoms with Crippen LogP contribution in [0, 0.1) is 13.8 Å². The molecule has 2 heterocycles. The number of carbonyl (C=O) groups is 1. The van der Waals surface area contributed by atoms with E-state index < -0.39 is 0 Å². The van der Waals surface area contributed by atoms with Crippen LogP contribution in [0.4, 0.5) is 5.69 Å². The van der Waals surface area contributed by atoms with Gasteiger partial charge < -0.3 is 5.32 Å². The van der Waals surface area contributed by atoms with Gasteiger partial charge in [-0.25, -0.2) is 4.98 Å². The van der Waals surface area contributed by atoms with Crippen LogP contribution in [-0.4, -0.2) is 15.3 Å². The van der Waals surface area contributed by atoms with Gasteiger partial charge in [-0.3, -0.25) is 9.20 Å². The van der Waals surface area contributed by atoms with Gasteiger partial charge in [-0.1, -0.05) is 17.7 Å². The van der Waals surface area contributed by atoms with Gasteiger partial charge in [0.05, 0.1) is 0 Å². The molecule has 0 fully saturated rings. The van der Waals surface area contributed by atoms with E-state index in [-0.39, 0.29) is 5.91 Å². The molecule has 0 bridgehead atoms. The number of nitrogens with zero attached hydrogens (tertiary/aromatic N) is 2. The fourth-order valence-corrected chi connectivity index (χ4v) is 2.93. The van der Waals surface area contributed by atoms with Crippen molar-refractivity contribution in [3.8, 4) is 0 Å². The summed E-state index contributed by atoms with van der Waals surface area (Å²) in [6.45, 7) is 3.88. The summed E-state index contributed by atoms with van der Waals surface area (Å²) in [6.07, 6.45) is 3.68. The van der Waals surface area contributed by atoms with E-state index in [1.165, 1.54) is 0 Å². The first-order chi connectivity index (χ1) is 9.54. The Labute approximate surface area is 125 Å². The Hall–Kier alpha value is -1.85. The number of aromatic nitrogens is 2. The highest BCUT2D eigenvalue weighted by atomic mass is 35.5. The lowest BCUT2D eigenvalue weighted by Gasteiger charge is -2.07. The quantitative estimate of drug-likeness (QED) is 0.780. The van der Waals surface area contributed by atoms with Crippen LogP contribution in [0.3, 0.4) is 0 Å². The molecule has 0 radical (unpaired) electrons. The number of thiazole rings is 1. The molecular formula is C14H12ClN3OS. The molecule has 0 atom stereocenters. The number of carbonyl (C=O) groups excluding carboxylic acids is 1. The molecule has 0 spiro atoms. The van der Waals surface area contributed by atoms with Gasteiger partial charge in [0.25, 0.3) is 5.91 Å². The Balaban J connectivity index is 1.88. The summed E-state index contributed by atoms with van der Waals surface area (Å²) in [5.41, 5.74) is 1.95. The molecular weight excluding hydrogens is 294 g/mol. The molecule has 3 aromatic rings. The highest BCUT2D eigenvalue weighted by molar-refractivity contribution is 7.17. The number of hydrogen-bond donors (Lipinski definition) is 1. The SMILES string of the molecule is Cc1cn2cc(C(=O)Nc3cccc(Cl)c3C)nc2s1. The van der Waals surface area contributed by atoms with E-state index in [1.807, 2.05) is 30.5 Å². The summed E-state index contributed by atoms with van der Waals surface area (Å²) >= 11 is 7.59. The summed E-state index contributed by atoms with van der Waals surface area (Å²) in [6, 6.07) is 5.42. The number of fused-ring (bicyclic) bond motifs is 1. The maximum atomic E-state index is 12.2. The van der Waals surface area contributed by atoms with Gasteiger partial charge in [-0.05, 0) is 31.5 Å². The fraction of sp³-hybridized carbons (Fsp3) is 0.143. The molecule has 0 aliphatic carbocycles. The molecule has 0 aliphatic heterocycles. The lowest BCUT2D eigenvalue weighted by atomic mass is 10.2. The van der Waals surface area contributed by atoms with Crippen LogP contribution in [-0.2, 0) is 0 Å². The topological polar surface area (TPSA) is 46.4 Å². The maximum Gasteiger partial charge on any atom is 0.275 e. The van der Waals surface area contributed by atoms with Gasteiger partial charge in [0, 0.05) is 28.0 Å². The van der Waals surface area contributed by atoms with E-state index in [0.717, 1.165) is 15.4 Å². The number of anilines is 1. The molecule has 6 heteroatoms. The summed E-state index contributed by atoms with van der Waals surface area (Å²) in [5, 5.41) is 3.47. The molecule has 1 aromatic carbocycles. The van der Waals surface area contributed by atoms with Crippen molar-refractivity contribution < 1.29 is 4.79 Å². The number of amides is 1. The lowest BCUT2D eigenvalue weighted by Crippen LogP contribution is -2.13. The number of benzene rings is 1. The van der Waals surface area contributed by atoms with E-state index in [2.05, 4.69) is 10.3 Å². The van der Waals surface area contributed by atoms with Gasteiger partial charge in [-0.15, -0.1) is 11.3 Å². The van der Waals surface area contributed by atoms with E-state index >= 15 is 0 Å². The zero-order chi connectivity index (χ0) is 14.3. The van der Waals surface area contributed by atoms with Crippen molar-refractivity contribution in [1.82, 2.24) is 9.38 Å². The summed E-state index contributed by atoms with van der Waals surface area (Å²) in [4.78, 5) is 18.5. The minimum absolute atomic E-state index is 0.232. The van der Waals surface area contributed by atoms with Crippen LogP contribution in [0.1, 0.15) is 20.9 Å². The van der Waals surface area contributed by atoms with Crippen molar-refractivity contribution in [3.63, 3.8) is 0 Å². The number of rotatable bonds is 2. The second kappa shape index (κ2) is 4.92. The third kappa shape index (κ3) is 2.30. The fourth-order valence-electron chi connectivity index (χ4n) is 1.95. The van der Waals surface area contributed by atoms with Crippen molar-refractivity contribution in [2.45, 2.75) is 13.8 Å². The zero-order valence-corrected chi connectivity index (χ0v) is 12.5. The van der Waals surface area contributed by atoms with E-state index in [4.69, 9.17) is 11.6 Å². The molecule has 1 amide bonds. The largest absolute Gasteiger partial charge is 0.320 e. The van der Waals surface area contributed by atoms with Crippen LogP contribution in [0.15, 0.2) is 30.6 Å². The molecule has 3 rings (SSSR count). The summed E-state index contributed by atoms with van der Waals surface area (Å²) in [5.74, 6) is -0.232. The first-order valence-corrected chi connectivity index (χ1v) is 7.25. The second-order valence-corrected chi connectivity index (χ2v) is 6.14. The van der Waals surface area contributed by atoms with Crippen molar-refractivity contribution in [1.29, 1.82) is 0 Å². The van der Waals surface area contributed by atoms with Crippen molar-refractivity contribution in [2.24, 2.45) is 0 Å². The first-order valence-electron chi connectivity index (χ1n) is 6.06. The molecule has 0 saturated carbocycles. The van der Waals surface area contributed by atoms with Gasteiger partial charge in [0.15, 0.2) is 4.96 Å². The van der Waals surface area contributed by atoms with Crippen molar-refractivity contribution >= 4 is 39.5 Å². The average molecular weight is 306 g/mol. The van der Waals surface area contributed by atoms with Crippen LogP contribution < -0.4 is 5.32 Å². The van der Waals surface area contributed by atoms with E-state index in [1.54, 1.807) is 29.7 Å². The van der Waals surface area contributed by atoms with E-state index in [9.17, 15) is 4.79 Å². The summed E-state index contributed by atoms with van der Waals surface area (Å²) in [7, 11) is 0. The molecule has 0 aliphatic rings. The van der Waals surface area contributed by atoms with Crippen LogP contribution in [0.5, 0.6) is 0 Å². The monoisotopic (exact) mass is 305 g/mol. The van der Waals surface area contributed by atoms with Gasteiger partial charge in [-0.2, -0.15) is 0 Å². The molecule has 0 saturated heterocycles. The Morgan fingerprint density at radius 2 is 2.15 bits per heavy atom. The number of nitrogens with one attached hydrogen (secondary N) is 1. The number of aryl methyl sites for hydroxylation is 1. The van der Waals surface area contributed by atoms with Gasteiger partial charge in [0.2, 0.25) is 0 Å². The Kier molecular flexibility index (Phi) is 3.23. The standard InChI is InChI=1S/C14H12ClN3OS/c1-8-6-18-7-12(17-14(18)20-8)13(19)16-11-5-3-4-10(15)9(11)2/h3-7H,1-2H3,(H,16,19). The lowest BCUT2D eigenvalue weighted by molar-refractivity contribution is 0.102. The minimum atomic E-state index is -0.232. The number of hydrogen-bond acceptors (Lipinski definition) is 3.